The molecular weight excluding hydrogens is 402 g/mol. The van der Waals surface area contributed by atoms with Gasteiger partial charge in [0.15, 0.2) is 17.4 Å². The molecule has 0 radical (unpaired) electrons. The number of rotatable bonds is 8. The van der Waals surface area contributed by atoms with Gasteiger partial charge in [0.25, 0.3) is 0 Å². The second-order valence-corrected chi connectivity index (χ2v) is 8.47. The van der Waals surface area contributed by atoms with Gasteiger partial charge < -0.3 is 4.74 Å². The molecular formula is C29H34F2O. The van der Waals surface area contributed by atoms with Crippen molar-refractivity contribution in [3.8, 4) is 16.9 Å². The van der Waals surface area contributed by atoms with Crippen LogP contribution in [-0.4, -0.2) is 0 Å². The van der Waals surface area contributed by atoms with Gasteiger partial charge in [-0.3, -0.25) is 0 Å². The normalized spacial score (nSPS) is 11.1. The standard InChI is InChI=1S/C29H34F2O/c1-7-21-13-20(14-22(8-2)19(21)6)17-32-29-26(30)15-25(16-27(29)31)28-23(9-3)11-18(5)12-24(28)10-4/h11-16H,7-10,17H2,1-6H3. The van der Waals surface area contributed by atoms with Crippen LogP contribution in [0.5, 0.6) is 5.75 Å². The zero-order valence-corrected chi connectivity index (χ0v) is 20.2. The maximum atomic E-state index is 15.0. The van der Waals surface area contributed by atoms with Gasteiger partial charge in [0.2, 0.25) is 0 Å². The van der Waals surface area contributed by atoms with Gasteiger partial charge in [0.05, 0.1) is 0 Å². The Morgan fingerprint density at radius 3 is 1.56 bits per heavy atom. The summed E-state index contributed by atoms with van der Waals surface area (Å²) in [6.07, 6.45) is 3.44. The van der Waals surface area contributed by atoms with Gasteiger partial charge in [-0.1, -0.05) is 57.5 Å². The van der Waals surface area contributed by atoms with E-state index in [0.717, 1.165) is 47.9 Å². The van der Waals surface area contributed by atoms with E-state index in [1.54, 1.807) is 0 Å². The van der Waals surface area contributed by atoms with E-state index in [4.69, 9.17) is 4.74 Å². The van der Waals surface area contributed by atoms with Crippen molar-refractivity contribution in [1.82, 2.24) is 0 Å². The molecule has 170 valence electrons. The quantitative estimate of drug-likeness (QED) is 0.347. The minimum atomic E-state index is -0.664. The van der Waals surface area contributed by atoms with Crippen molar-refractivity contribution < 1.29 is 13.5 Å². The van der Waals surface area contributed by atoms with Gasteiger partial charge >= 0.3 is 0 Å². The summed E-state index contributed by atoms with van der Waals surface area (Å²) in [5, 5.41) is 0. The summed E-state index contributed by atoms with van der Waals surface area (Å²) in [6.45, 7) is 12.7. The molecule has 0 atom stereocenters. The lowest BCUT2D eigenvalue weighted by atomic mass is 9.90. The number of hydrogen-bond acceptors (Lipinski definition) is 1. The monoisotopic (exact) mass is 436 g/mol. The fourth-order valence-electron chi connectivity index (χ4n) is 4.60. The smallest absolute Gasteiger partial charge is 0.191 e. The number of aryl methyl sites for hydroxylation is 5. The van der Waals surface area contributed by atoms with Crippen LogP contribution in [0, 0.1) is 25.5 Å². The van der Waals surface area contributed by atoms with E-state index in [1.165, 1.54) is 34.4 Å². The van der Waals surface area contributed by atoms with Crippen LogP contribution < -0.4 is 4.74 Å². The Kier molecular flexibility index (Phi) is 7.71. The van der Waals surface area contributed by atoms with Crippen LogP contribution in [0.3, 0.4) is 0 Å². The van der Waals surface area contributed by atoms with Crippen LogP contribution in [0.1, 0.15) is 66.6 Å². The summed E-state index contributed by atoms with van der Waals surface area (Å²) >= 11 is 0. The summed E-state index contributed by atoms with van der Waals surface area (Å²) < 4.78 is 35.7. The third kappa shape index (κ3) is 4.87. The largest absolute Gasteiger partial charge is 0.483 e. The predicted octanol–water partition coefficient (Wildman–Crippen LogP) is 8.08. The highest BCUT2D eigenvalue weighted by molar-refractivity contribution is 5.72. The summed E-state index contributed by atoms with van der Waals surface area (Å²) in [4.78, 5) is 0. The average molecular weight is 437 g/mol. The molecule has 3 rings (SSSR count). The lowest BCUT2D eigenvalue weighted by molar-refractivity contribution is 0.274. The van der Waals surface area contributed by atoms with E-state index in [9.17, 15) is 0 Å². The fraction of sp³-hybridized carbons (Fsp3) is 0.379. The molecule has 32 heavy (non-hydrogen) atoms. The number of halogens is 2. The van der Waals surface area contributed by atoms with Crippen molar-refractivity contribution in [3.05, 3.63) is 87.0 Å². The summed E-state index contributed by atoms with van der Waals surface area (Å²) in [6, 6.07) is 11.2. The second kappa shape index (κ2) is 10.3. The Balaban J connectivity index is 1.95. The molecule has 0 unspecified atom stereocenters. The van der Waals surface area contributed by atoms with Crippen LogP contribution in [0.2, 0.25) is 0 Å². The second-order valence-electron chi connectivity index (χ2n) is 8.47. The molecule has 3 aromatic carbocycles. The molecule has 1 nitrogen and oxygen atoms in total. The van der Waals surface area contributed by atoms with Crippen molar-refractivity contribution in [3.63, 3.8) is 0 Å². The first kappa shape index (κ1) is 24.0. The molecule has 0 bridgehead atoms. The Bertz CT molecular complexity index is 1040. The number of hydrogen-bond donors (Lipinski definition) is 0. The summed E-state index contributed by atoms with van der Waals surface area (Å²) in [7, 11) is 0. The molecule has 0 saturated heterocycles. The lowest BCUT2D eigenvalue weighted by Gasteiger charge is -2.17. The molecule has 0 aliphatic rings. The number of benzene rings is 3. The van der Waals surface area contributed by atoms with Crippen LogP contribution in [-0.2, 0) is 32.3 Å². The van der Waals surface area contributed by atoms with E-state index in [-0.39, 0.29) is 12.4 Å². The molecule has 0 N–H and O–H groups in total. The molecule has 0 aliphatic carbocycles. The van der Waals surface area contributed by atoms with Gasteiger partial charge in [-0.25, -0.2) is 8.78 Å². The highest BCUT2D eigenvalue weighted by atomic mass is 19.1. The first-order chi connectivity index (χ1) is 15.3. The first-order valence-corrected chi connectivity index (χ1v) is 11.7. The minimum Gasteiger partial charge on any atom is -0.483 e. The Labute approximate surface area is 191 Å². The van der Waals surface area contributed by atoms with Gasteiger partial charge in [-0.05, 0) is 96.2 Å². The van der Waals surface area contributed by atoms with Gasteiger partial charge in [0, 0.05) is 0 Å². The average Bonchev–Trinajstić information content (AvgIpc) is 2.78. The van der Waals surface area contributed by atoms with Gasteiger partial charge in [-0.15, -0.1) is 0 Å². The van der Waals surface area contributed by atoms with Crippen LogP contribution in [0.4, 0.5) is 8.78 Å². The summed E-state index contributed by atoms with van der Waals surface area (Å²) in [5.41, 5.74) is 9.60. The van der Waals surface area contributed by atoms with Crippen LogP contribution in [0.25, 0.3) is 11.1 Å². The number of ether oxygens (including phenoxy) is 1. The van der Waals surface area contributed by atoms with Crippen LogP contribution >= 0.6 is 0 Å². The summed E-state index contributed by atoms with van der Waals surface area (Å²) in [5.74, 6) is -1.64. The van der Waals surface area contributed by atoms with E-state index in [1.807, 2.05) is 0 Å². The van der Waals surface area contributed by atoms with Gasteiger partial charge in [0.1, 0.15) is 6.61 Å². The van der Waals surface area contributed by atoms with Gasteiger partial charge in [-0.2, -0.15) is 0 Å². The Hall–Kier alpha value is -2.68. The van der Waals surface area contributed by atoms with E-state index < -0.39 is 11.6 Å². The molecule has 0 aliphatic heterocycles. The molecule has 0 aromatic heterocycles. The Morgan fingerprint density at radius 1 is 0.656 bits per heavy atom. The van der Waals surface area contributed by atoms with Crippen molar-refractivity contribution in [2.75, 3.05) is 0 Å². The molecule has 3 heteroatoms. The fourth-order valence-corrected chi connectivity index (χ4v) is 4.60. The zero-order chi connectivity index (χ0) is 23.4. The molecule has 0 heterocycles. The van der Waals surface area contributed by atoms with Crippen molar-refractivity contribution in [2.45, 2.75) is 73.8 Å². The predicted molar refractivity (Wildman–Crippen MR) is 130 cm³/mol. The van der Waals surface area contributed by atoms with E-state index in [0.29, 0.717) is 5.56 Å². The van der Waals surface area contributed by atoms with Crippen molar-refractivity contribution in [1.29, 1.82) is 0 Å². The first-order valence-electron chi connectivity index (χ1n) is 11.7. The van der Waals surface area contributed by atoms with Crippen molar-refractivity contribution >= 4 is 0 Å². The zero-order valence-electron chi connectivity index (χ0n) is 20.2. The third-order valence-electron chi connectivity index (χ3n) is 6.32. The van der Waals surface area contributed by atoms with Crippen LogP contribution in [0.15, 0.2) is 36.4 Å². The molecule has 0 saturated carbocycles. The lowest BCUT2D eigenvalue weighted by Crippen LogP contribution is -2.04. The molecule has 0 spiro atoms. The molecule has 0 fully saturated rings. The maximum Gasteiger partial charge on any atom is 0.191 e. The highest BCUT2D eigenvalue weighted by Gasteiger charge is 2.18. The van der Waals surface area contributed by atoms with E-state index in [2.05, 4.69) is 65.8 Å². The third-order valence-corrected chi connectivity index (χ3v) is 6.32. The highest BCUT2D eigenvalue weighted by Crippen LogP contribution is 2.35. The minimum absolute atomic E-state index is 0.137. The topological polar surface area (TPSA) is 9.23 Å². The molecule has 0 amide bonds. The Morgan fingerprint density at radius 2 is 1.12 bits per heavy atom. The maximum absolute atomic E-state index is 15.0. The molecule has 3 aromatic rings. The SMILES string of the molecule is CCc1cc(COc2c(F)cc(-c3c(CC)cc(C)cc3CC)cc2F)cc(CC)c1C. The van der Waals surface area contributed by atoms with E-state index >= 15 is 8.78 Å². The van der Waals surface area contributed by atoms with Crippen molar-refractivity contribution in [2.24, 2.45) is 0 Å².